The van der Waals surface area contributed by atoms with Gasteiger partial charge in [0.25, 0.3) is 5.22 Å². The summed E-state index contributed by atoms with van der Waals surface area (Å²) in [5.41, 5.74) is 9.10. The molecule has 0 fully saturated rings. The molecule has 0 spiro atoms. The van der Waals surface area contributed by atoms with Crippen LogP contribution in [0.3, 0.4) is 0 Å². The maximum atomic E-state index is 6.28. The van der Waals surface area contributed by atoms with Crippen molar-refractivity contribution >= 4 is 22.9 Å². The number of benzene rings is 1. The molecule has 0 aliphatic rings. The van der Waals surface area contributed by atoms with Gasteiger partial charge in [0.15, 0.2) is 5.58 Å². The average Bonchev–Trinajstić information content (AvgIpc) is 2.95. The molecule has 2 atom stereocenters. The molecule has 4 nitrogen and oxygen atoms in total. The van der Waals surface area contributed by atoms with E-state index in [9.17, 15) is 0 Å². The number of thioether (sulfide) groups is 1. The number of oxazole rings is 1. The molecule has 3 rings (SSSR count). The largest absolute Gasteiger partial charge is 0.431 e. The van der Waals surface area contributed by atoms with E-state index in [0.717, 1.165) is 23.1 Å². The predicted molar refractivity (Wildman–Crippen MR) is 85.1 cm³/mol. The molecular weight excluding hydrogens is 282 g/mol. The fourth-order valence-corrected chi connectivity index (χ4v) is 3.35. The fraction of sp³-hybridized carbons (Fsp3) is 0.250. The van der Waals surface area contributed by atoms with Crippen LogP contribution in [0.15, 0.2) is 58.4 Å². The van der Waals surface area contributed by atoms with Crippen molar-refractivity contribution in [3.63, 3.8) is 0 Å². The van der Waals surface area contributed by atoms with Crippen molar-refractivity contribution in [2.45, 2.75) is 29.9 Å². The van der Waals surface area contributed by atoms with Gasteiger partial charge in [-0.2, -0.15) is 0 Å². The zero-order valence-electron chi connectivity index (χ0n) is 11.8. The highest BCUT2D eigenvalue weighted by atomic mass is 32.2. The summed E-state index contributed by atoms with van der Waals surface area (Å²) in [6, 6.07) is 11.8. The van der Waals surface area contributed by atoms with Gasteiger partial charge in [-0.15, -0.1) is 0 Å². The Morgan fingerprint density at radius 2 is 1.95 bits per heavy atom. The lowest BCUT2D eigenvalue weighted by molar-refractivity contribution is 0.485. The summed E-state index contributed by atoms with van der Waals surface area (Å²) in [5, 5.41) is 0.757. The van der Waals surface area contributed by atoms with E-state index in [1.165, 1.54) is 0 Å². The van der Waals surface area contributed by atoms with Gasteiger partial charge in [-0.3, -0.25) is 4.98 Å². The second-order valence-electron chi connectivity index (χ2n) is 4.84. The van der Waals surface area contributed by atoms with Gasteiger partial charge in [-0.25, -0.2) is 4.98 Å². The molecule has 0 bridgehead atoms. The molecule has 0 amide bonds. The summed E-state index contributed by atoms with van der Waals surface area (Å²) < 4.78 is 5.80. The summed E-state index contributed by atoms with van der Waals surface area (Å²) in [7, 11) is 0. The summed E-state index contributed by atoms with van der Waals surface area (Å²) in [6.45, 7) is 2.09. The molecule has 2 aromatic heterocycles. The zero-order valence-corrected chi connectivity index (χ0v) is 12.6. The van der Waals surface area contributed by atoms with Crippen molar-refractivity contribution < 1.29 is 4.42 Å². The third-order valence-electron chi connectivity index (χ3n) is 3.40. The maximum absolute atomic E-state index is 6.28. The smallest absolute Gasteiger partial charge is 0.257 e. The Morgan fingerprint density at radius 1 is 1.19 bits per heavy atom. The van der Waals surface area contributed by atoms with Crippen LogP contribution in [0.1, 0.15) is 24.2 Å². The Labute approximate surface area is 127 Å². The first-order valence-corrected chi connectivity index (χ1v) is 7.83. The van der Waals surface area contributed by atoms with Crippen LogP contribution in [0, 0.1) is 0 Å². The van der Waals surface area contributed by atoms with Crippen LogP contribution < -0.4 is 5.73 Å². The summed E-state index contributed by atoms with van der Waals surface area (Å²) in [4.78, 5) is 8.59. The van der Waals surface area contributed by atoms with Crippen molar-refractivity contribution in [2.75, 3.05) is 0 Å². The third-order valence-corrected chi connectivity index (χ3v) is 4.65. The Balaban J connectivity index is 1.90. The van der Waals surface area contributed by atoms with Crippen molar-refractivity contribution in [1.82, 2.24) is 9.97 Å². The lowest BCUT2D eigenvalue weighted by atomic mass is 10.1. The molecule has 5 heteroatoms. The molecule has 1 aromatic carbocycles. The predicted octanol–water partition coefficient (Wildman–Crippen LogP) is 3.79. The van der Waals surface area contributed by atoms with Crippen molar-refractivity contribution in [3.8, 4) is 0 Å². The Hall–Kier alpha value is -1.85. The topological polar surface area (TPSA) is 64.9 Å². The third kappa shape index (κ3) is 3.09. The first-order valence-electron chi connectivity index (χ1n) is 6.95. The van der Waals surface area contributed by atoms with Gasteiger partial charge in [0.05, 0.1) is 5.25 Å². The van der Waals surface area contributed by atoms with Gasteiger partial charge in [0.1, 0.15) is 5.52 Å². The minimum atomic E-state index is 0.0346. The van der Waals surface area contributed by atoms with E-state index in [0.29, 0.717) is 5.22 Å². The first-order chi connectivity index (χ1) is 10.3. The number of rotatable bonds is 5. The summed E-state index contributed by atoms with van der Waals surface area (Å²) in [6.07, 6.45) is 4.47. The highest BCUT2D eigenvalue weighted by Gasteiger charge is 2.22. The minimum absolute atomic E-state index is 0.0346. The van der Waals surface area contributed by atoms with Crippen LogP contribution in [-0.2, 0) is 0 Å². The van der Waals surface area contributed by atoms with Gasteiger partial charge in [-0.05, 0) is 36.2 Å². The maximum Gasteiger partial charge on any atom is 0.257 e. The molecule has 2 heterocycles. The molecule has 0 aliphatic heterocycles. The van der Waals surface area contributed by atoms with Gasteiger partial charge >= 0.3 is 0 Å². The van der Waals surface area contributed by atoms with Gasteiger partial charge < -0.3 is 10.2 Å². The van der Waals surface area contributed by atoms with E-state index in [-0.39, 0.29) is 11.3 Å². The van der Waals surface area contributed by atoms with Gasteiger partial charge in [0.2, 0.25) is 0 Å². The Morgan fingerprint density at radius 3 is 2.67 bits per heavy atom. The summed E-state index contributed by atoms with van der Waals surface area (Å²) >= 11 is 1.57. The van der Waals surface area contributed by atoms with Crippen LogP contribution in [0.4, 0.5) is 0 Å². The number of hydrogen-bond acceptors (Lipinski definition) is 5. The zero-order chi connectivity index (χ0) is 14.7. The monoisotopic (exact) mass is 299 g/mol. The average molecular weight is 299 g/mol. The van der Waals surface area contributed by atoms with Crippen molar-refractivity contribution in [1.29, 1.82) is 0 Å². The number of para-hydroxylation sites is 2. The lowest BCUT2D eigenvalue weighted by Gasteiger charge is -2.21. The first kappa shape index (κ1) is 14.1. The molecule has 0 radical (unpaired) electrons. The van der Waals surface area contributed by atoms with E-state index in [1.807, 2.05) is 36.4 Å². The number of nitrogens with zero attached hydrogens (tertiary/aromatic N) is 2. The van der Waals surface area contributed by atoms with Crippen LogP contribution in [0.25, 0.3) is 11.1 Å². The van der Waals surface area contributed by atoms with Crippen LogP contribution in [-0.4, -0.2) is 16.0 Å². The number of pyridine rings is 1. The van der Waals surface area contributed by atoms with E-state index < -0.39 is 0 Å². The van der Waals surface area contributed by atoms with E-state index in [4.69, 9.17) is 10.2 Å². The second kappa shape index (κ2) is 6.28. The highest BCUT2D eigenvalue weighted by molar-refractivity contribution is 7.99. The number of hydrogen-bond donors (Lipinski definition) is 1. The van der Waals surface area contributed by atoms with Crippen LogP contribution in [0.5, 0.6) is 0 Å². The van der Waals surface area contributed by atoms with Crippen LogP contribution >= 0.6 is 11.8 Å². The molecule has 0 aliphatic carbocycles. The fourth-order valence-electron chi connectivity index (χ4n) is 2.18. The summed E-state index contributed by atoms with van der Waals surface area (Å²) in [5.74, 6) is 0. The highest BCUT2D eigenvalue weighted by Crippen LogP contribution is 2.38. The molecule has 21 heavy (non-hydrogen) atoms. The van der Waals surface area contributed by atoms with Crippen molar-refractivity contribution in [2.24, 2.45) is 5.73 Å². The second-order valence-corrected chi connectivity index (χ2v) is 5.93. The SMILES string of the molecule is CCC(N)C(Sc1nc2ccccc2o1)c1ccncc1. The Kier molecular flexibility index (Phi) is 4.22. The number of aromatic nitrogens is 2. The molecule has 0 saturated carbocycles. The standard InChI is InChI=1S/C16H17N3OS/c1-2-12(17)15(11-7-9-18-10-8-11)21-16-19-13-5-3-4-6-14(13)20-16/h3-10,12,15H,2,17H2,1H3. The van der Waals surface area contributed by atoms with E-state index in [2.05, 4.69) is 16.9 Å². The molecule has 0 saturated heterocycles. The quantitative estimate of drug-likeness (QED) is 0.726. The molecule has 108 valence electrons. The normalized spacial score (nSPS) is 14.2. The molecular formula is C16H17N3OS. The molecule has 2 unspecified atom stereocenters. The Bertz CT molecular complexity index is 681. The van der Waals surface area contributed by atoms with E-state index in [1.54, 1.807) is 24.2 Å². The van der Waals surface area contributed by atoms with Gasteiger partial charge in [-0.1, -0.05) is 30.8 Å². The molecule has 3 aromatic rings. The van der Waals surface area contributed by atoms with E-state index >= 15 is 0 Å². The van der Waals surface area contributed by atoms with Crippen molar-refractivity contribution in [3.05, 3.63) is 54.4 Å². The minimum Gasteiger partial charge on any atom is -0.431 e. The van der Waals surface area contributed by atoms with Crippen LogP contribution in [0.2, 0.25) is 0 Å². The lowest BCUT2D eigenvalue weighted by Crippen LogP contribution is -2.25. The number of fused-ring (bicyclic) bond motifs is 1. The molecule has 2 N–H and O–H groups in total. The number of nitrogens with two attached hydrogens (primary N) is 1. The van der Waals surface area contributed by atoms with Gasteiger partial charge in [0, 0.05) is 18.4 Å².